The molecule has 0 aliphatic carbocycles. The van der Waals surface area contributed by atoms with E-state index in [0.29, 0.717) is 25.7 Å². The molecule has 0 spiro atoms. The van der Waals surface area contributed by atoms with Crippen molar-refractivity contribution >= 4 is 19.2 Å². The molecule has 0 saturated carbocycles. The molecule has 2 nitrogen and oxygen atoms in total. The molecule has 0 saturated heterocycles. The van der Waals surface area contributed by atoms with Gasteiger partial charge in [0.1, 0.15) is 0 Å². The minimum atomic E-state index is -6.72. The standard InChI is InChI=1S/2C7H15O.2C4H4F5.Sn/c2*1-2-3-4-5-6-7-8;2*5-1-2(6)3(7)4(8)9;/h2*2-7H2,1H3;2*1-4H;/q2*-1;;;+2. The third-order valence-corrected chi connectivity index (χ3v) is 15.5. The zero-order chi connectivity index (χ0) is 27.0. The second-order valence-electron chi connectivity index (χ2n) is 8.50. The Hall–Kier alpha value is 0.0187. The van der Waals surface area contributed by atoms with Crippen LogP contribution in [0.3, 0.4) is 0 Å². The second-order valence-corrected chi connectivity index (χ2v) is 17.4. The van der Waals surface area contributed by atoms with Gasteiger partial charge < -0.3 is 0 Å². The van der Waals surface area contributed by atoms with Crippen LogP contribution in [0.25, 0.3) is 0 Å². The van der Waals surface area contributed by atoms with Crippen LogP contribution in [-0.2, 0) is 6.15 Å². The minimum absolute atomic E-state index is 0.133. The maximum absolute atomic E-state index is 15.2. The van der Waals surface area contributed by atoms with E-state index in [1.807, 2.05) is 13.8 Å². The Labute approximate surface area is 206 Å². The Morgan fingerprint density at radius 1 is 0.457 bits per heavy atom. The molecule has 6 atom stereocenters. The van der Waals surface area contributed by atoms with Gasteiger partial charge in [0.25, 0.3) is 0 Å². The number of hydrogen-bond donors (Lipinski definition) is 0. The van der Waals surface area contributed by atoms with Gasteiger partial charge in [0.2, 0.25) is 0 Å². The number of alkyl halides is 10. The Bertz CT molecular complexity index is 477. The predicted octanol–water partition coefficient (Wildman–Crippen LogP) is 8.04. The van der Waals surface area contributed by atoms with E-state index in [-0.39, 0.29) is 12.8 Å². The monoisotopic (exact) mass is 644 g/mol. The van der Waals surface area contributed by atoms with Gasteiger partial charge in [0, 0.05) is 0 Å². The van der Waals surface area contributed by atoms with Crippen molar-refractivity contribution in [3.63, 3.8) is 0 Å². The van der Waals surface area contributed by atoms with Gasteiger partial charge in [0.05, 0.1) is 0 Å². The summed E-state index contributed by atoms with van der Waals surface area (Å²) in [6.45, 7) is 2.80. The third kappa shape index (κ3) is 12.0. The molecule has 0 N–H and O–H groups in total. The number of halogens is 10. The second kappa shape index (κ2) is 19.1. The van der Waals surface area contributed by atoms with E-state index in [1.54, 1.807) is 0 Å². The zero-order valence-electron chi connectivity index (χ0n) is 20.2. The topological polar surface area (TPSA) is 18.5 Å². The van der Waals surface area contributed by atoms with Crippen molar-refractivity contribution < 1.29 is 50.1 Å². The summed E-state index contributed by atoms with van der Waals surface area (Å²) < 4.78 is 141. The van der Waals surface area contributed by atoms with Crippen molar-refractivity contribution in [1.29, 1.82) is 0 Å². The van der Waals surface area contributed by atoms with Crippen LogP contribution in [0.2, 0.25) is 0 Å². The van der Waals surface area contributed by atoms with Gasteiger partial charge in [-0.25, -0.2) is 0 Å². The third-order valence-electron chi connectivity index (χ3n) is 5.57. The molecule has 13 heteroatoms. The predicted molar refractivity (Wildman–Crippen MR) is 117 cm³/mol. The van der Waals surface area contributed by atoms with E-state index >= 15 is 8.78 Å². The summed E-state index contributed by atoms with van der Waals surface area (Å²) in [6, 6.07) is 0. The van der Waals surface area contributed by atoms with Gasteiger partial charge in [-0.3, -0.25) is 0 Å². The molecule has 0 rings (SSSR count). The molecule has 0 aromatic carbocycles. The molecule has 6 unspecified atom stereocenters. The molecule has 0 aliphatic rings. The van der Waals surface area contributed by atoms with Gasteiger partial charge in [-0.1, -0.05) is 0 Å². The summed E-state index contributed by atoms with van der Waals surface area (Å²) in [6.07, 6.45) is -16.8. The first-order valence-electron chi connectivity index (χ1n) is 12.2. The molecule has 0 amide bonds. The molecule has 0 aromatic heterocycles. The molecule has 0 radical (unpaired) electrons. The van der Waals surface area contributed by atoms with E-state index in [1.165, 1.54) is 0 Å². The summed E-state index contributed by atoms with van der Waals surface area (Å²) in [7, 11) is 0. The molecule has 212 valence electrons. The van der Waals surface area contributed by atoms with Crippen LogP contribution in [0.15, 0.2) is 0 Å². The molecule has 0 bridgehead atoms. The van der Waals surface area contributed by atoms with Crippen molar-refractivity contribution in [3.8, 4) is 0 Å². The summed E-state index contributed by atoms with van der Waals surface area (Å²) in [4.78, 5) is 0. The van der Waals surface area contributed by atoms with Gasteiger partial charge in [-0.2, -0.15) is 0 Å². The van der Waals surface area contributed by atoms with E-state index in [4.69, 9.17) is 6.15 Å². The van der Waals surface area contributed by atoms with Crippen molar-refractivity contribution in [1.82, 2.24) is 0 Å². The van der Waals surface area contributed by atoms with E-state index in [0.717, 1.165) is 25.7 Å². The first-order valence-corrected chi connectivity index (χ1v) is 17.8. The van der Waals surface area contributed by atoms with Gasteiger partial charge in [-0.15, -0.1) is 0 Å². The van der Waals surface area contributed by atoms with Crippen LogP contribution in [0.4, 0.5) is 43.9 Å². The van der Waals surface area contributed by atoms with Gasteiger partial charge in [-0.05, 0) is 0 Å². The molecule has 0 aromatic rings. The van der Waals surface area contributed by atoms with Crippen molar-refractivity contribution in [2.45, 2.75) is 124 Å². The van der Waals surface area contributed by atoms with E-state index in [9.17, 15) is 35.1 Å². The van der Waals surface area contributed by atoms with Crippen LogP contribution in [0, 0.1) is 0 Å². The van der Waals surface area contributed by atoms with Crippen LogP contribution < -0.4 is 0 Å². The molecule has 0 heterocycles. The quantitative estimate of drug-likeness (QED) is 0.0676. The Morgan fingerprint density at radius 3 is 1.06 bits per heavy atom. The fourth-order valence-electron chi connectivity index (χ4n) is 3.43. The fourth-order valence-corrected chi connectivity index (χ4v) is 12.6. The van der Waals surface area contributed by atoms with E-state index < -0.39 is 78.3 Å². The van der Waals surface area contributed by atoms with Crippen molar-refractivity contribution in [3.05, 3.63) is 0 Å². The zero-order valence-corrected chi connectivity index (χ0v) is 23.1. The van der Waals surface area contributed by atoms with Gasteiger partial charge >= 0.3 is 206 Å². The summed E-state index contributed by atoms with van der Waals surface area (Å²) in [5.41, 5.74) is 0. The Kier molecular flexibility index (Phi) is 19.2. The van der Waals surface area contributed by atoms with Gasteiger partial charge in [0.15, 0.2) is 0 Å². The average Bonchev–Trinajstić information content (AvgIpc) is 2.83. The molecule has 35 heavy (non-hydrogen) atoms. The average molecular weight is 643 g/mol. The van der Waals surface area contributed by atoms with Crippen LogP contribution >= 0.6 is 0 Å². The Balaban J connectivity index is 5.94. The number of hydrogen-bond acceptors (Lipinski definition) is 2. The summed E-state index contributed by atoms with van der Waals surface area (Å²) in [5.74, 6) is 0. The Morgan fingerprint density at radius 2 is 0.771 bits per heavy atom. The van der Waals surface area contributed by atoms with Crippen molar-refractivity contribution in [2.75, 3.05) is 13.2 Å². The number of unbranched alkanes of at least 4 members (excludes halogenated alkanes) is 8. The molecular weight excluding hydrogens is 605 g/mol. The van der Waals surface area contributed by atoms with Crippen LogP contribution in [0.5, 0.6) is 0 Å². The SMILES string of the molecule is CCCCCCC[O][Sn]([O]CCCCCCC)([CH](F)C(F)C(F)C(F)F)[CH](F)C(F)C(F)C(F)F. The maximum atomic E-state index is 15.2. The van der Waals surface area contributed by atoms with Crippen molar-refractivity contribution in [2.24, 2.45) is 0 Å². The molecular formula is C22H38F10O2Sn. The first kappa shape index (κ1) is 35.0. The first-order chi connectivity index (χ1) is 16.5. The number of rotatable bonds is 22. The normalized spacial score (nSPS) is 18.0. The van der Waals surface area contributed by atoms with Crippen LogP contribution in [-0.4, -0.2) is 78.3 Å². The molecule has 0 fully saturated rings. The molecule has 0 aliphatic heterocycles. The van der Waals surface area contributed by atoms with E-state index in [2.05, 4.69) is 0 Å². The van der Waals surface area contributed by atoms with Crippen LogP contribution in [0.1, 0.15) is 78.1 Å². The fraction of sp³-hybridized carbons (Fsp3) is 1.00. The summed E-state index contributed by atoms with van der Waals surface area (Å²) in [5, 5.41) is 0. The summed E-state index contributed by atoms with van der Waals surface area (Å²) >= 11 is -6.72.